The Morgan fingerprint density at radius 2 is 2.23 bits per heavy atom. The summed E-state index contributed by atoms with van der Waals surface area (Å²) in [7, 11) is 0. The molecule has 1 aromatic rings. The monoisotopic (exact) mass is 219 g/mol. The maximum absolute atomic E-state index is 13.1. The van der Waals surface area contributed by atoms with E-state index in [0.717, 1.165) is 0 Å². The van der Waals surface area contributed by atoms with Gasteiger partial charge < -0.3 is 10.7 Å². The second-order valence-electron chi connectivity index (χ2n) is 2.20. The Morgan fingerprint density at radius 1 is 1.54 bits per heavy atom. The van der Waals surface area contributed by atoms with Crippen molar-refractivity contribution in [2.24, 2.45) is 5.84 Å². The van der Waals surface area contributed by atoms with Crippen molar-refractivity contribution in [3.05, 3.63) is 29.0 Å². The number of thiocarbonyl (C=S) groups is 1. The summed E-state index contributed by atoms with van der Waals surface area (Å²) in [6, 6.07) is 4.32. The zero-order chi connectivity index (χ0) is 9.84. The highest BCUT2D eigenvalue weighted by Gasteiger charge is 2.06. The van der Waals surface area contributed by atoms with Gasteiger partial charge in [0.2, 0.25) is 0 Å². The Labute approximate surface area is 85.0 Å². The lowest BCUT2D eigenvalue weighted by Crippen LogP contribution is -2.34. The van der Waals surface area contributed by atoms with Crippen molar-refractivity contribution in [3.8, 4) is 0 Å². The zero-order valence-electron chi connectivity index (χ0n) is 6.47. The van der Waals surface area contributed by atoms with Crippen LogP contribution in [0.5, 0.6) is 0 Å². The van der Waals surface area contributed by atoms with Crippen LogP contribution in [0.1, 0.15) is 0 Å². The summed E-state index contributed by atoms with van der Waals surface area (Å²) in [5.74, 6) is 4.52. The third-order valence-corrected chi connectivity index (χ3v) is 1.87. The van der Waals surface area contributed by atoms with Gasteiger partial charge in [-0.15, -0.1) is 0 Å². The lowest BCUT2D eigenvalue weighted by Gasteiger charge is -2.08. The van der Waals surface area contributed by atoms with E-state index in [1.165, 1.54) is 12.1 Å². The molecule has 0 atom stereocenters. The highest BCUT2D eigenvalue weighted by Crippen LogP contribution is 2.24. The van der Waals surface area contributed by atoms with Crippen LogP contribution in [0.15, 0.2) is 18.2 Å². The van der Waals surface area contributed by atoms with Crippen LogP contribution in [0.2, 0.25) is 5.02 Å². The molecule has 13 heavy (non-hydrogen) atoms. The van der Waals surface area contributed by atoms with Crippen molar-refractivity contribution in [3.63, 3.8) is 0 Å². The molecule has 1 rings (SSSR count). The lowest BCUT2D eigenvalue weighted by atomic mass is 10.3. The molecule has 70 valence electrons. The van der Waals surface area contributed by atoms with Gasteiger partial charge in [0.15, 0.2) is 5.11 Å². The van der Waals surface area contributed by atoms with Gasteiger partial charge in [-0.3, -0.25) is 0 Å². The molecule has 0 unspecified atom stereocenters. The predicted octanol–water partition coefficient (Wildman–Crippen LogP) is 1.64. The first-order valence-corrected chi connectivity index (χ1v) is 4.15. The number of anilines is 1. The van der Waals surface area contributed by atoms with Crippen molar-refractivity contribution in [2.45, 2.75) is 0 Å². The number of halogens is 2. The highest BCUT2D eigenvalue weighted by molar-refractivity contribution is 7.80. The van der Waals surface area contributed by atoms with Crippen LogP contribution in [-0.4, -0.2) is 5.11 Å². The van der Waals surface area contributed by atoms with E-state index in [2.05, 4.69) is 23.0 Å². The summed E-state index contributed by atoms with van der Waals surface area (Å²) >= 11 is 10.4. The Morgan fingerprint density at radius 3 is 2.77 bits per heavy atom. The van der Waals surface area contributed by atoms with Crippen LogP contribution < -0.4 is 16.6 Å². The zero-order valence-corrected chi connectivity index (χ0v) is 8.05. The highest BCUT2D eigenvalue weighted by atomic mass is 35.5. The first-order chi connectivity index (χ1) is 6.15. The van der Waals surface area contributed by atoms with E-state index in [0.29, 0.717) is 0 Å². The van der Waals surface area contributed by atoms with E-state index in [9.17, 15) is 4.39 Å². The van der Waals surface area contributed by atoms with E-state index in [1.54, 1.807) is 6.07 Å². The summed E-state index contributed by atoms with van der Waals surface area (Å²) in [6.45, 7) is 0. The van der Waals surface area contributed by atoms with Crippen molar-refractivity contribution in [2.75, 3.05) is 5.32 Å². The van der Waals surface area contributed by atoms with Crippen LogP contribution in [0, 0.1) is 5.82 Å². The largest absolute Gasteiger partial charge is 0.328 e. The molecule has 0 heterocycles. The third kappa shape index (κ3) is 2.51. The molecule has 3 nitrogen and oxygen atoms in total. The molecule has 0 aliphatic carbocycles. The van der Waals surface area contributed by atoms with Crippen LogP contribution in [0.4, 0.5) is 10.1 Å². The van der Waals surface area contributed by atoms with Gasteiger partial charge in [-0.2, -0.15) is 0 Å². The van der Waals surface area contributed by atoms with E-state index < -0.39 is 5.82 Å². The first-order valence-electron chi connectivity index (χ1n) is 3.36. The summed E-state index contributed by atoms with van der Waals surface area (Å²) in [4.78, 5) is 0. The fourth-order valence-corrected chi connectivity index (χ4v) is 1.08. The molecule has 0 aromatic heterocycles. The average Bonchev–Trinajstić information content (AvgIpc) is 2.11. The molecule has 0 aliphatic heterocycles. The molecule has 0 spiro atoms. The van der Waals surface area contributed by atoms with Crippen LogP contribution in [0.25, 0.3) is 0 Å². The van der Waals surface area contributed by atoms with Crippen molar-refractivity contribution in [1.82, 2.24) is 5.43 Å². The molecular formula is C7H7ClFN3S. The Bertz CT molecular complexity index is 311. The van der Waals surface area contributed by atoms with Gasteiger partial charge in [-0.25, -0.2) is 10.2 Å². The first kappa shape index (κ1) is 10.2. The van der Waals surface area contributed by atoms with Crippen molar-refractivity contribution in [1.29, 1.82) is 0 Å². The van der Waals surface area contributed by atoms with Gasteiger partial charge in [-0.1, -0.05) is 17.7 Å². The molecular weight excluding hydrogens is 213 g/mol. The summed E-state index contributed by atoms with van der Waals surface area (Å²) < 4.78 is 13.1. The lowest BCUT2D eigenvalue weighted by molar-refractivity contribution is 0.632. The van der Waals surface area contributed by atoms with E-state index in [-0.39, 0.29) is 15.8 Å². The molecule has 0 saturated heterocycles. The molecule has 0 bridgehead atoms. The van der Waals surface area contributed by atoms with Crippen LogP contribution in [0.3, 0.4) is 0 Å². The molecule has 0 aliphatic rings. The second kappa shape index (κ2) is 4.36. The quantitative estimate of drug-likeness (QED) is 0.382. The third-order valence-electron chi connectivity index (χ3n) is 1.33. The minimum absolute atomic E-state index is 0.104. The van der Waals surface area contributed by atoms with Gasteiger partial charge >= 0.3 is 0 Å². The standard InChI is InChI=1S/C7H7ClFN3S/c8-4-2-1-3-5(9)6(4)11-7(13)12-10/h1-3H,10H2,(H2,11,12,13). The second-order valence-corrected chi connectivity index (χ2v) is 3.01. The molecule has 0 saturated carbocycles. The normalized spacial score (nSPS) is 9.46. The summed E-state index contributed by atoms with van der Waals surface area (Å²) in [5, 5.41) is 2.87. The number of benzene rings is 1. The smallest absolute Gasteiger partial charge is 0.185 e. The molecule has 6 heteroatoms. The van der Waals surface area contributed by atoms with E-state index >= 15 is 0 Å². The number of nitrogens with two attached hydrogens (primary N) is 1. The Kier molecular flexibility index (Phi) is 3.41. The van der Waals surface area contributed by atoms with E-state index in [4.69, 9.17) is 17.4 Å². The molecule has 0 radical (unpaired) electrons. The Balaban J connectivity index is 2.93. The number of hydrazine groups is 1. The summed E-state index contributed by atoms with van der Waals surface area (Å²) in [5.41, 5.74) is 2.28. The van der Waals surface area contributed by atoms with Crippen molar-refractivity contribution >= 4 is 34.6 Å². The topological polar surface area (TPSA) is 50.1 Å². The van der Waals surface area contributed by atoms with Crippen LogP contribution >= 0.6 is 23.8 Å². The Hall–Kier alpha value is -0.910. The fourth-order valence-electron chi connectivity index (χ4n) is 0.767. The number of para-hydroxylation sites is 1. The number of rotatable bonds is 1. The maximum Gasteiger partial charge on any atom is 0.185 e. The van der Waals surface area contributed by atoms with Gasteiger partial charge in [0.25, 0.3) is 0 Å². The number of nitrogens with one attached hydrogen (secondary N) is 2. The molecule has 0 fully saturated rings. The SMILES string of the molecule is NNC(=S)Nc1c(F)cccc1Cl. The van der Waals surface area contributed by atoms with E-state index in [1.807, 2.05) is 0 Å². The predicted molar refractivity (Wildman–Crippen MR) is 55.0 cm³/mol. The van der Waals surface area contributed by atoms with Gasteiger partial charge in [0, 0.05) is 0 Å². The fraction of sp³-hybridized carbons (Fsp3) is 0. The van der Waals surface area contributed by atoms with Crippen molar-refractivity contribution < 1.29 is 4.39 Å². The van der Waals surface area contributed by atoms with Gasteiger partial charge in [0.05, 0.1) is 10.7 Å². The van der Waals surface area contributed by atoms with Gasteiger partial charge in [0.1, 0.15) is 5.82 Å². The number of hydrogen-bond donors (Lipinski definition) is 3. The summed E-state index contributed by atoms with van der Waals surface area (Å²) in [6.07, 6.45) is 0. The number of hydrogen-bond acceptors (Lipinski definition) is 2. The molecule has 4 N–H and O–H groups in total. The van der Waals surface area contributed by atoms with Gasteiger partial charge in [-0.05, 0) is 24.4 Å². The molecule has 0 amide bonds. The average molecular weight is 220 g/mol. The minimum Gasteiger partial charge on any atom is -0.328 e. The van der Waals surface area contributed by atoms with Crippen LogP contribution in [-0.2, 0) is 0 Å². The minimum atomic E-state index is -0.481. The molecule has 1 aromatic carbocycles. The maximum atomic E-state index is 13.1.